The van der Waals surface area contributed by atoms with Crippen molar-refractivity contribution in [1.82, 2.24) is 0 Å². The molecule has 0 aliphatic heterocycles. The molecule has 2 nitrogen and oxygen atoms in total. The minimum atomic E-state index is 0.204. The maximum absolute atomic E-state index is 8.76. The highest BCUT2D eigenvalue weighted by molar-refractivity contribution is 5.82. The molecule has 0 fully saturated rings. The maximum Gasteiger partial charge on any atom is 0.0991 e. The van der Waals surface area contributed by atoms with Gasteiger partial charge in [0.05, 0.1) is 17.3 Å². The number of aliphatic imine (C=N–C) groups is 1. The summed E-state index contributed by atoms with van der Waals surface area (Å²) in [5, 5.41) is 8.76. The average molecular weight is 276 g/mol. The lowest BCUT2D eigenvalue weighted by atomic mass is 9.82. The zero-order valence-electron chi connectivity index (χ0n) is 12.8. The third-order valence-electron chi connectivity index (χ3n) is 3.94. The molecule has 0 radical (unpaired) electrons. The molecule has 2 heteroatoms. The second-order valence-electron chi connectivity index (χ2n) is 5.78. The Morgan fingerprint density at radius 1 is 1.05 bits per heavy atom. The summed E-state index contributed by atoms with van der Waals surface area (Å²) in [6, 6.07) is 17.9. The number of nitrogens with zero attached hydrogens (tertiary/aromatic N) is 2. The van der Waals surface area contributed by atoms with Crippen LogP contribution >= 0.6 is 0 Å². The predicted octanol–water partition coefficient (Wildman–Crippen LogP) is 5.00. The van der Waals surface area contributed by atoms with Crippen LogP contribution in [0, 0.1) is 11.3 Å². The summed E-state index contributed by atoms with van der Waals surface area (Å²) < 4.78 is 0. The fraction of sp³-hybridized carbons (Fsp3) is 0.263. The van der Waals surface area contributed by atoms with Crippen LogP contribution in [0.25, 0.3) is 0 Å². The molecule has 0 saturated carbocycles. The molecule has 2 aromatic carbocycles. The van der Waals surface area contributed by atoms with Crippen molar-refractivity contribution in [2.24, 2.45) is 4.99 Å². The summed E-state index contributed by atoms with van der Waals surface area (Å²) in [6.07, 6.45) is 2.93. The van der Waals surface area contributed by atoms with E-state index in [2.05, 4.69) is 44.0 Å². The minimum Gasteiger partial charge on any atom is -0.256 e. The lowest BCUT2D eigenvalue weighted by molar-refractivity contribution is 0.506. The van der Waals surface area contributed by atoms with Crippen molar-refractivity contribution < 1.29 is 0 Å². The lowest BCUT2D eigenvalue weighted by Gasteiger charge is -2.23. The second-order valence-corrected chi connectivity index (χ2v) is 5.78. The largest absolute Gasteiger partial charge is 0.256 e. The fourth-order valence-electron chi connectivity index (χ4n) is 2.00. The van der Waals surface area contributed by atoms with E-state index < -0.39 is 0 Å². The quantitative estimate of drug-likeness (QED) is 0.724. The van der Waals surface area contributed by atoms with Gasteiger partial charge in [-0.3, -0.25) is 4.99 Å². The molecule has 0 N–H and O–H groups in total. The molecule has 0 atom stereocenters. The summed E-state index contributed by atoms with van der Waals surface area (Å²) in [4.78, 5) is 4.47. The van der Waals surface area contributed by atoms with E-state index in [-0.39, 0.29) is 5.41 Å². The Morgan fingerprint density at radius 3 is 2.19 bits per heavy atom. The van der Waals surface area contributed by atoms with Crippen LogP contribution in [0.5, 0.6) is 0 Å². The van der Waals surface area contributed by atoms with Crippen molar-refractivity contribution in [3.05, 3.63) is 65.2 Å². The van der Waals surface area contributed by atoms with Gasteiger partial charge in [0, 0.05) is 6.21 Å². The van der Waals surface area contributed by atoms with Crippen LogP contribution in [-0.2, 0) is 5.41 Å². The Labute approximate surface area is 126 Å². The van der Waals surface area contributed by atoms with E-state index in [1.807, 2.05) is 30.5 Å². The first-order valence-electron chi connectivity index (χ1n) is 7.20. The molecule has 0 heterocycles. The molecule has 2 rings (SSSR count). The maximum atomic E-state index is 8.76. The lowest BCUT2D eigenvalue weighted by Crippen LogP contribution is -2.14. The molecule has 0 aromatic heterocycles. The van der Waals surface area contributed by atoms with Crippen LogP contribution in [-0.4, -0.2) is 6.21 Å². The second kappa shape index (κ2) is 6.37. The highest BCUT2D eigenvalue weighted by atomic mass is 14.7. The highest BCUT2D eigenvalue weighted by Crippen LogP contribution is 2.28. The van der Waals surface area contributed by atoms with Crippen LogP contribution in [0.3, 0.4) is 0 Å². The topological polar surface area (TPSA) is 36.1 Å². The van der Waals surface area contributed by atoms with Gasteiger partial charge in [0.25, 0.3) is 0 Å². The van der Waals surface area contributed by atoms with Crippen LogP contribution in [0.2, 0.25) is 0 Å². The Bertz CT molecular complexity index is 656. The van der Waals surface area contributed by atoms with Crippen molar-refractivity contribution in [3.8, 4) is 6.07 Å². The first-order valence-corrected chi connectivity index (χ1v) is 7.20. The van der Waals surface area contributed by atoms with Crippen LogP contribution < -0.4 is 0 Å². The Hall–Kier alpha value is -2.40. The van der Waals surface area contributed by atoms with Gasteiger partial charge < -0.3 is 0 Å². The Balaban J connectivity index is 2.12. The summed E-state index contributed by atoms with van der Waals surface area (Å²) in [5.74, 6) is 0. The average Bonchev–Trinajstić information content (AvgIpc) is 2.54. The molecular weight excluding hydrogens is 256 g/mol. The summed E-state index contributed by atoms with van der Waals surface area (Å²) in [6.45, 7) is 6.71. The van der Waals surface area contributed by atoms with Gasteiger partial charge in [0.15, 0.2) is 0 Å². The van der Waals surface area contributed by atoms with Gasteiger partial charge >= 0.3 is 0 Å². The molecule has 2 aromatic rings. The number of rotatable bonds is 4. The minimum absolute atomic E-state index is 0.204. The van der Waals surface area contributed by atoms with Gasteiger partial charge in [-0.25, -0.2) is 0 Å². The predicted molar refractivity (Wildman–Crippen MR) is 88.2 cm³/mol. The molecule has 0 bridgehead atoms. The van der Waals surface area contributed by atoms with Crippen molar-refractivity contribution in [1.29, 1.82) is 5.26 Å². The first kappa shape index (κ1) is 15.0. The standard InChI is InChI=1S/C19H20N2/c1-4-19(2,3)17-9-11-18(12-10-17)21-14-16-7-5-15(13-20)6-8-16/h5-12,14H,4H2,1-3H3. The highest BCUT2D eigenvalue weighted by Gasteiger charge is 2.17. The van der Waals surface area contributed by atoms with Crippen LogP contribution in [0.1, 0.15) is 43.9 Å². The van der Waals surface area contributed by atoms with Crippen molar-refractivity contribution in [2.75, 3.05) is 0 Å². The molecule has 0 aliphatic rings. The number of hydrogen-bond acceptors (Lipinski definition) is 2. The zero-order valence-corrected chi connectivity index (χ0v) is 12.8. The smallest absolute Gasteiger partial charge is 0.0991 e. The first-order chi connectivity index (χ1) is 10.0. The van der Waals surface area contributed by atoms with E-state index in [1.54, 1.807) is 12.1 Å². The third kappa shape index (κ3) is 3.79. The van der Waals surface area contributed by atoms with E-state index in [4.69, 9.17) is 5.26 Å². The van der Waals surface area contributed by atoms with E-state index in [0.29, 0.717) is 5.56 Å². The van der Waals surface area contributed by atoms with Crippen molar-refractivity contribution >= 4 is 11.9 Å². The summed E-state index contributed by atoms with van der Waals surface area (Å²) in [7, 11) is 0. The SMILES string of the molecule is CCC(C)(C)c1ccc(N=Cc2ccc(C#N)cc2)cc1. The normalized spacial score (nSPS) is 11.5. The van der Waals surface area contributed by atoms with E-state index >= 15 is 0 Å². The number of nitriles is 1. The van der Waals surface area contributed by atoms with Gasteiger partial charge in [-0.1, -0.05) is 45.0 Å². The summed E-state index contributed by atoms with van der Waals surface area (Å²) >= 11 is 0. The molecule has 0 amide bonds. The van der Waals surface area contributed by atoms with Gasteiger partial charge in [-0.15, -0.1) is 0 Å². The molecular formula is C19H20N2. The Kier molecular flexibility index (Phi) is 4.55. The van der Waals surface area contributed by atoms with E-state index in [1.165, 1.54) is 5.56 Å². The summed E-state index contributed by atoms with van der Waals surface area (Å²) in [5.41, 5.74) is 4.14. The fourth-order valence-corrected chi connectivity index (χ4v) is 2.00. The van der Waals surface area contributed by atoms with Gasteiger partial charge in [0.1, 0.15) is 0 Å². The third-order valence-corrected chi connectivity index (χ3v) is 3.94. The molecule has 0 unspecified atom stereocenters. The van der Waals surface area contributed by atoms with Gasteiger partial charge in [0.2, 0.25) is 0 Å². The van der Waals surface area contributed by atoms with Crippen molar-refractivity contribution in [3.63, 3.8) is 0 Å². The molecule has 0 aliphatic carbocycles. The molecule has 0 saturated heterocycles. The van der Waals surface area contributed by atoms with E-state index in [0.717, 1.165) is 17.7 Å². The monoisotopic (exact) mass is 276 g/mol. The molecule has 0 spiro atoms. The van der Waals surface area contributed by atoms with E-state index in [9.17, 15) is 0 Å². The molecule has 106 valence electrons. The van der Waals surface area contributed by atoms with Crippen LogP contribution in [0.15, 0.2) is 53.5 Å². The number of hydrogen-bond donors (Lipinski definition) is 0. The number of benzene rings is 2. The Morgan fingerprint density at radius 2 is 1.67 bits per heavy atom. The molecule has 21 heavy (non-hydrogen) atoms. The van der Waals surface area contributed by atoms with Crippen molar-refractivity contribution in [2.45, 2.75) is 32.6 Å². The van der Waals surface area contributed by atoms with Gasteiger partial charge in [-0.2, -0.15) is 5.26 Å². The van der Waals surface area contributed by atoms with Gasteiger partial charge in [-0.05, 0) is 47.2 Å². The van der Waals surface area contributed by atoms with Crippen LogP contribution in [0.4, 0.5) is 5.69 Å². The zero-order chi connectivity index (χ0) is 15.3.